The molecular weight excluding hydrogens is 265 g/mol. The summed E-state index contributed by atoms with van der Waals surface area (Å²) in [6, 6.07) is 3.43. The van der Waals surface area contributed by atoms with Crippen molar-refractivity contribution in [2.45, 2.75) is 19.7 Å². The molecule has 1 aromatic heterocycles. The Hall–Kier alpha value is -2.25. The predicted molar refractivity (Wildman–Crippen MR) is 61.0 cm³/mol. The third-order valence-electron chi connectivity index (χ3n) is 2.55. The summed E-state index contributed by atoms with van der Waals surface area (Å²) in [5.41, 5.74) is 0.440. The molecule has 0 spiro atoms. The third kappa shape index (κ3) is 2.78. The quantitative estimate of drug-likeness (QED) is 0.687. The largest absolute Gasteiger partial charge is 0.573 e. The lowest BCUT2D eigenvalue weighted by Crippen LogP contribution is -2.17. The first kappa shape index (κ1) is 13.2. The van der Waals surface area contributed by atoms with Gasteiger partial charge in [-0.25, -0.2) is 0 Å². The van der Waals surface area contributed by atoms with E-state index in [1.807, 2.05) is 6.92 Å². The van der Waals surface area contributed by atoms with E-state index in [9.17, 15) is 23.3 Å². The van der Waals surface area contributed by atoms with Gasteiger partial charge in [0.2, 0.25) is 0 Å². The van der Waals surface area contributed by atoms with Crippen molar-refractivity contribution < 1.29 is 22.8 Å². The van der Waals surface area contributed by atoms with Crippen LogP contribution in [0.2, 0.25) is 0 Å². The number of hydrogen-bond donors (Lipinski definition) is 1. The third-order valence-corrected chi connectivity index (χ3v) is 2.55. The van der Waals surface area contributed by atoms with Gasteiger partial charge >= 0.3 is 6.36 Å². The zero-order chi connectivity index (χ0) is 14.2. The summed E-state index contributed by atoms with van der Waals surface area (Å²) in [5.74, 6) is -0.603. The van der Waals surface area contributed by atoms with Crippen LogP contribution in [0.3, 0.4) is 0 Å². The normalized spacial score (nSPS) is 11.8. The van der Waals surface area contributed by atoms with Crippen molar-refractivity contribution in [3.05, 3.63) is 34.0 Å². The number of nitro benzene ring substituents is 1. The highest BCUT2D eigenvalue weighted by Crippen LogP contribution is 2.33. The topological polar surface area (TPSA) is 68.2 Å². The van der Waals surface area contributed by atoms with Crippen LogP contribution >= 0.6 is 0 Å². The van der Waals surface area contributed by atoms with Gasteiger partial charge in [-0.1, -0.05) is 6.92 Å². The van der Waals surface area contributed by atoms with Crippen molar-refractivity contribution in [2.75, 3.05) is 0 Å². The summed E-state index contributed by atoms with van der Waals surface area (Å²) in [6.07, 6.45) is -4.30. The molecule has 0 saturated heterocycles. The summed E-state index contributed by atoms with van der Waals surface area (Å²) in [6.45, 7) is 1.82. The SMILES string of the molecule is CCc1cc2cc(OC(F)(F)F)cc([N+](=O)[O-])c2[nH]1. The van der Waals surface area contributed by atoms with E-state index in [4.69, 9.17) is 0 Å². The molecule has 2 rings (SSSR count). The van der Waals surface area contributed by atoms with Crippen molar-refractivity contribution in [1.29, 1.82) is 0 Å². The highest BCUT2D eigenvalue weighted by molar-refractivity contribution is 5.90. The molecule has 1 N–H and O–H groups in total. The van der Waals surface area contributed by atoms with Crippen molar-refractivity contribution in [3.63, 3.8) is 0 Å². The number of nitrogens with zero attached hydrogens (tertiary/aromatic N) is 1. The van der Waals surface area contributed by atoms with Crippen LogP contribution in [0, 0.1) is 10.1 Å². The van der Waals surface area contributed by atoms with Crippen LogP contribution in [0.4, 0.5) is 18.9 Å². The van der Waals surface area contributed by atoms with E-state index >= 15 is 0 Å². The average molecular weight is 274 g/mol. The van der Waals surface area contributed by atoms with Gasteiger partial charge in [-0.05, 0) is 18.6 Å². The summed E-state index contributed by atoms with van der Waals surface area (Å²) in [7, 11) is 0. The average Bonchev–Trinajstić information content (AvgIpc) is 2.68. The maximum Gasteiger partial charge on any atom is 0.573 e. The molecule has 1 aromatic carbocycles. The van der Waals surface area contributed by atoms with E-state index in [2.05, 4.69) is 9.72 Å². The standard InChI is InChI=1S/C11H9F3N2O3/c1-2-7-3-6-4-8(19-11(12,13)14)5-9(16(17)18)10(6)15-7/h3-5,15H,2H2,1H3. The number of fused-ring (bicyclic) bond motifs is 1. The molecule has 0 radical (unpaired) electrons. The zero-order valence-corrected chi connectivity index (χ0v) is 9.75. The molecule has 5 nitrogen and oxygen atoms in total. The summed E-state index contributed by atoms with van der Waals surface area (Å²) >= 11 is 0. The summed E-state index contributed by atoms with van der Waals surface area (Å²) in [4.78, 5) is 12.9. The predicted octanol–water partition coefficient (Wildman–Crippen LogP) is 3.54. The fourth-order valence-corrected chi connectivity index (χ4v) is 1.78. The van der Waals surface area contributed by atoms with Gasteiger partial charge < -0.3 is 9.72 Å². The van der Waals surface area contributed by atoms with Gasteiger partial charge in [-0.3, -0.25) is 10.1 Å². The molecule has 0 atom stereocenters. The second kappa shape index (κ2) is 4.45. The lowest BCUT2D eigenvalue weighted by molar-refractivity contribution is -0.383. The first-order valence-corrected chi connectivity index (χ1v) is 5.36. The fraction of sp³-hybridized carbons (Fsp3) is 0.273. The van der Waals surface area contributed by atoms with Gasteiger partial charge in [0.15, 0.2) is 0 Å². The minimum absolute atomic E-state index is 0.191. The molecule has 2 aromatic rings. The Morgan fingerprint density at radius 3 is 2.58 bits per heavy atom. The van der Waals surface area contributed by atoms with Gasteiger partial charge in [-0.2, -0.15) is 0 Å². The van der Waals surface area contributed by atoms with E-state index in [0.717, 1.165) is 12.1 Å². The molecule has 0 aliphatic carbocycles. The first-order chi connectivity index (χ1) is 8.80. The number of hydrogen-bond acceptors (Lipinski definition) is 3. The first-order valence-electron chi connectivity index (χ1n) is 5.36. The molecule has 102 valence electrons. The minimum atomic E-state index is -4.88. The Morgan fingerprint density at radius 1 is 1.37 bits per heavy atom. The van der Waals surface area contributed by atoms with Gasteiger partial charge in [0.1, 0.15) is 11.3 Å². The Bertz CT molecular complexity index is 634. The van der Waals surface area contributed by atoms with E-state index in [-0.39, 0.29) is 5.52 Å². The number of aromatic amines is 1. The number of aryl methyl sites for hydroxylation is 1. The molecule has 0 aliphatic heterocycles. The van der Waals surface area contributed by atoms with Crippen molar-refractivity contribution >= 4 is 16.6 Å². The summed E-state index contributed by atoms with van der Waals surface area (Å²) in [5, 5.41) is 11.2. The second-order valence-corrected chi connectivity index (χ2v) is 3.86. The fourth-order valence-electron chi connectivity index (χ4n) is 1.78. The van der Waals surface area contributed by atoms with E-state index in [0.29, 0.717) is 17.5 Å². The minimum Gasteiger partial charge on any atom is -0.406 e. The number of H-pyrrole nitrogens is 1. The summed E-state index contributed by atoms with van der Waals surface area (Å²) < 4.78 is 40.2. The molecule has 8 heteroatoms. The van der Waals surface area contributed by atoms with Crippen LogP contribution in [-0.4, -0.2) is 16.3 Å². The monoisotopic (exact) mass is 274 g/mol. The molecule has 0 amide bonds. The van der Waals surface area contributed by atoms with Crippen LogP contribution in [0.1, 0.15) is 12.6 Å². The Balaban J connectivity index is 2.59. The van der Waals surface area contributed by atoms with Crippen molar-refractivity contribution in [2.24, 2.45) is 0 Å². The van der Waals surface area contributed by atoms with E-state index in [1.165, 1.54) is 0 Å². The number of aromatic nitrogens is 1. The van der Waals surface area contributed by atoms with Gasteiger partial charge in [-0.15, -0.1) is 13.2 Å². The smallest absolute Gasteiger partial charge is 0.406 e. The molecule has 0 aliphatic rings. The number of nitrogens with one attached hydrogen (secondary N) is 1. The van der Waals surface area contributed by atoms with Crippen LogP contribution in [0.25, 0.3) is 10.9 Å². The highest BCUT2D eigenvalue weighted by Gasteiger charge is 2.32. The molecule has 0 bridgehead atoms. The van der Waals surface area contributed by atoms with E-state index in [1.54, 1.807) is 6.07 Å². The van der Waals surface area contributed by atoms with Crippen LogP contribution in [0.15, 0.2) is 18.2 Å². The number of nitro groups is 1. The van der Waals surface area contributed by atoms with Gasteiger partial charge in [0.25, 0.3) is 5.69 Å². The van der Waals surface area contributed by atoms with Gasteiger partial charge in [0, 0.05) is 11.1 Å². The van der Waals surface area contributed by atoms with E-state index < -0.39 is 22.7 Å². The highest BCUT2D eigenvalue weighted by atomic mass is 19.4. The number of halogens is 3. The van der Waals surface area contributed by atoms with Crippen molar-refractivity contribution in [1.82, 2.24) is 4.98 Å². The van der Waals surface area contributed by atoms with Crippen LogP contribution in [0.5, 0.6) is 5.75 Å². The molecule has 0 fully saturated rings. The number of alkyl halides is 3. The number of non-ortho nitro benzene ring substituents is 1. The van der Waals surface area contributed by atoms with Gasteiger partial charge in [0.05, 0.1) is 11.0 Å². The van der Waals surface area contributed by atoms with Crippen molar-refractivity contribution in [3.8, 4) is 5.75 Å². The molecule has 0 saturated carbocycles. The van der Waals surface area contributed by atoms with Crippen LogP contribution < -0.4 is 4.74 Å². The Labute approximate surface area is 105 Å². The maximum absolute atomic E-state index is 12.1. The number of benzene rings is 1. The molecular formula is C11H9F3N2O3. The second-order valence-electron chi connectivity index (χ2n) is 3.86. The molecule has 0 unspecified atom stereocenters. The lowest BCUT2D eigenvalue weighted by atomic mass is 10.2. The Morgan fingerprint density at radius 2 is 2.05 bits per heavy atom. The van der Waals surface area contributed by atoms with Crippen LogP contribution in [-0.2, 0) is 6.42 Å². The lowest BCUT2D eigenvalue weighted by Gasteiger charge is -2.08. The molecule has 19 heavy (non-hydrogen) atoms. The zero-order valence-electron chi connectivity index (χ0n) is 9.75. The number of rotatable bonds is 3. The number of ether oxygens (including phenoxy) is 1. The maximum atomic E-state index is 12.1. The molecule has 1 heterocycles. The Kier molecular flexibility index (Phi) is 3.09.